The normalized spacial score (nSPS) is 11.8. The Morgan fingerprint density at radius 3 is 2.33 bits per heavy atom. The number of anilines is 1. The summed E-state index contributed by atoms with van der Waals surface area (Å²) in [6.07, 6.45) is 0. The van der Waals surface area contributed by atoms with E-state index in [1.807, 2.05) is 75.4 Å². The maximum atomic E-state index is 13.0. The van der Waals surface area contributed by atoms with E-state index < -0.39 is 5.97 Å². The highest BCUT2D eigenvalue weighted by Crippen LogP contribution is 2.42. The van der Waals surface area contributed by atoms with Gasteiger partial charge in [-0.05, 0) is 74.4 Å². The number of carbonyl (C=O) groups is 2. The molecule has 1 aromatic heterocycles. The Morgan fingerprint density at radius 1 is 0.833 bits per heavy atom. The van der Waals surface area contributed by atoms with E-state index >= 15 is 0 Å². The van der Waals surface area contributed by atoms with Gasteiger partial charge in [-0.15, -0.1) is 0 Å². The average molecular weight is 560 g/mol. The predicted octanol–water partition coefficient (Wildman–Crippen LogP) is 7.04. The van der Waals surface area contributed by atoms with Gasteiger partial charge in [0, 0.05) is 23.7 Å². The minimum Gasteiger partial charge on any atom is -0.454 e. The minimum absolute atomic E-state index is 0.141. The van der Waals surface area contributed by atoms with Gasteiger partial charge in [-0.3, -0.25) is 9.59 Å². The number of carbonyl (C=O) groups excluding carboxylic acids is 2. The highest BCUT2D eigenvalue weighted by molar-refractivity contribution is 6.05. The van der Waals surface area contributed by atoms with E-state index in [0.29, 0.717) is 39.9 Å². The van der Waals surface area contributed by atoms with E-state index in [1.54, 1.807) is 22.9 Å². The first-order valence-corrected chi connectivity index (χ1v) is 13.5. The molecule has 210 valence electrons. The van der Waals surface area contributed by atoms with Gasteiger partial charge in [0.15, 0.2) is 11.5 Å². The molecule has 0 saturated carbocycles. The van der Waals surface area contributed by atoms with Gasteiger partial charge in [-0.2, -0.15) is 9.78 Å². The maximum Gasteiger partial charge on any atom is 0.309 e. The van der Waals surface area contributed by atoms with Crippen LogP contribution in [-0.4, -0.2) is 28.4 Å². The Kier molecular flexibility index (Phi) is 6.96. The zero-order valence-corrected chi connectivity index (χ0v) is 23.7. The van der Waals surface area contributed by atoms with Crippen molar-refractivity contribution in [2.45, 2.75) is 27.7 Å². The lowest BCUT2D eigenvalue weighted by atomic mass is 9.99. The summed E-state index contributed by atoms with van der Waals surface area (Å²) >= 11 is 0. The number of fused-ring (bicyclic) bond motifs is 1. The summed E-state index contributed by atoms with van der Waals surface area (Å²) in [5, 5.41) is 7.93. The highest BCUT2D eigenvalue weighted by atomic mass is 16.7. The first-order valence-electron chi connectivity index (χ1n) is 13.5. The smallest absolute Gasteiger partial charge is 0.309 e. The summed E-state index contributed by atoms with van der Waals surface area (Å²) in [7, 11) is 0. The van der Waals surface area contributed by atoms with E-state index in [1.165, 1.54) is 6.92 Å². The molecular weight excluding hydrogens is 530 g/mol. The number of esters is 1. The van der Waals surface area contributed by atoms with E-state index in [4.69, 9.17) is 19.3 Å². The number of nitrogens with zero attached hydrogens (tertiary/aromatic N) is 2. The first-order chi connectivity index (χ1) is 20.3. The molecule has 0 radical (unpaired) electrons. The van der Waals surface area contributed by atoms with Gasteiger partial charge >= 0.3 is 5.97 Å². The van der Waals surface area contributed by atoms with Crippen LogP contribution in [0, 0.1) is 20.8 Å². The van der Waals surface area contributed by atoms with Gasteiger partial charge in [-0.1, -0.05) is 53.6 Å². The lowest BCUT2D eigenvalue weighted by molar-refractivity contribution is -0.132. The molecule has 0 unspecified atom stereocenters. The molecule has 1 amide bonds. The molecule has 6 rings (SSSR count). The monoisotopic (exact) mass is 559 g/mol. The Hall–Kier alpha value is -5.37. The number of aromatic nitrogens is 2. The van der Waals surface area contributed by atoms with Crippen LogP contribution in [0.3, 0.4) is 0 Å². The number of hydrogen-bond donors (Lipinski definition) is 1. The van der Waals surface area contributed by atoms with Gasteiger partial charge < -0.3 is 19.5 Å². The molecule has 1 aliphatic heterocycles. The van der Waals surface area contributed by atoms with E-state index in [-0.39, 0.29) is 12.7 Å². The summed E-state index contributed by atoms with van der Waals surface area (Å²) in [5.41, 5.74) is 8.08. The fraction of sp³-hybridized carbons (Fsp3) is 0.147. The summed E-state index contributed by atoms with van der Waals surface area (Å²) in [5.74, 6) is 0.754. The molecule has 0 atom stereocenters. The largest absolute Gasteiger partial charge is 0.454 e. The van der Waals surface area contributed by atoms with Crippen molar-refractivity contribution in [3.8, 4) is 45.5 Å². The highest BCUT2D eigenvalue weighted by Gasteiger charge is 2.25. The number of benzene rings is 4. The standard InChI is InChI=1S/C34H29N3O5/c1-20-6-5-7-25(17-20)32-31(34(42-23(4)38)37(36-32)28-14-8-21(2)16-22(28)3)24-9-12-27(13-10-24)35-33(39)26-11-15-29-30(18-26)41-19-40-29/h5-18H,19H2,1-4H3,(H,35,39). The summed E-state index contributed by atoms with van der Waals surface area (Å²) in [6, 6.07) is 26.5. The number of nitrogens with one attached hydrogen (secondary N) is 1. The molecule has 0 bridgehead atoms. The molecule has 1 N–H and O–H groups in total. The number of ether oxygens (including phenoxy) is 3. The van der Waals surface area contributed by atoms with E-state index in [9.17, 15) is 9.59 Å². The molecule has 8 nitrogen and oxygen atoms in total. The summed E-state index contributed by atoms with van der Waals surface area (Å²) in [4.78, 5) is 25.3. The second-order valence-corrected chi connectivity index (χ2v) is 10.3. The van der Waals surface area contributed by atoms with Crippen molar-refractivity contribution in [3.05, 3.63) is 107 Å². The van der Waals surface area contributed by atoms with Crippen LogP contribution < -0.4 is 19.5 Å². The van der Waals surface area contributed by atoms with Gasteiger partial charge in [0.2, 0.25) is 12.7 Å². The molecule has 2 heterocycles. The quantitative estimate of drug-likeness (QED) is 0.225. The Balaban J connectivity index is 1.42. The zero-order chi connectivity index (χ0) is 29.4. The first kappa shape index (κ1) is 26.8. The topological polar surface area (TPSA) is 91.7 Å². The van der Waals surface area contributed by atoms with Crippen molar-refractivity contribution in [3.63, 3.8) is 0 Å². The van der Waals surface area contributed by atoms with Crippen LogP contribution in [-0.2, 0) is 4.79 Å². The average Bonchev–Trinajstić information content (AvgIpc) is 3.58. The van der Waals surface area contributed by atoms with E-state index in [2.05, 4.69) is 17.4 Å². The third-order valence-electron chi connectivity index (χ3n) is 7.02. The Bertz CT molecular complexity index is 1840. The van der Waals surface area contributed by atoms with Crippen LogP contribution in [0.2, 0.25) is 0 Å². The zero-order valence-electron chi connectivity index (χ0n) is 23.7. The number of aryl methyl sites for hydroxylation is 3. The van der Waals surface area contributed by atoms with Crippen molar-refractivity contribution in [2.75, 3.05) is 12.1 Å². The van der Waals surface area contributed by atoms with Crippen molar-refractivity contribution in [2.24, 2.45) is 0 Å². The molecule has 8 heteroatoms. The van der Waals surface area contributed by atoms with Crippen LogP contribution in [0.15, 0.2) is 84.9 Å². The predicted molar refractivity (Wildman–Crippen MR) is 160 cm³/mol. The fourth-order valence-corrected chi connectivity index (χ4v) is 5.06. The molecule has 42 heavy (non-hydrogen) atoms. The van der Waals surface area contributed by atoms with Crippen LogP contribution in [0.5, 0.6) is 17.4 Å². The number of amides is 1. The maximum absolute atomic E-state index is 13.0. The Morgan fingerprint density at radius 2 is 1.60 bits per heavy atom. The van der Waals surface area contributed by atoms with Crippen molar-refractivity contribution >= 4 is 17.6 Å². The lowest BCUT2D eigenvalue weighted by Crippen LogP contribution is -2.11. The molecule has 1 aliphatic rings. The lowest BCUT2D eigenvalue weighted by Gasteiger charge is -2.12. The van der Waals surface area contributed by atoms with Crippen molar-refractivity contribution < 1.29 is 23.8 Å². The Labute approximate surface area is 243 Å². The van der Waals surface area contributed by atoms with Crippen LogP contribution in [0.25, 0.3) is 28.1 Å². The molecule has 4 aromatic carbocycles. The van der Waals surface area contributed by atoms with E-state index in [0.717, 1.165) is 33.5 Å². The number of rotatable bonds is 6. The van der Waals surface area contributed by atoms with Crippen molar-refractivity contribution in [1.29, 1.82) is 0 Å². The number of hydrogen-bond acceptors (Lipinski definition) is 6. The molecule has 0 spiro atoms. The van der Waals surface area contributed by atoms with Crippen LogP contribution in [0.4, 0.5) is 5.69 Å². The third-order valence-corrected chi connectivity index (χ3v) is 7.02. The second kappa shape index (κ2) is 10.9. The second-order valence-electron chi connectivity index (χ2n) is 10.3. The van der Waals surface area contributed by atoms with Crippen LogP contribution >= 0.6 is 0 Å². The van der Waals surface area contributed by atoms with Gasteiger partial charge in [0.05, 0.1) is 11.3 Å². The minimum atomic E-state index is -0.453. The van der Waals surface area contributed by atoms with Gasteiger partial charge in [0.25, 0.3) is 5.91 Å². The summed E-state index contributed by atoms with van der Waals surface area (Å²) in [6.45, 7) is 7.58. The van der Waals surface area contributed by atoms with Crippen molar-refractivity contribution in [1.82, 2.24) is 9.78 Å². The van der Waals surface area contributed by atoms with Gasteiger partial charge in [0.1, 0.15) is 5.69 Å². The SMILES string of the molecule is CC(=O)Oc1c(-c2ccc(NC(=O)c3ccc4c(c3)OCO4)cc2)c(-c2cccc(C)c2)nn1-c1ccc(C)cc1C. The van der Waals surface area contributed by atoms with Gasteiger partial charge in [-0.25, -0.2) is 0 Å². The van der Waals surface area contributed by atoms with Crippen LogP contribution in [0.1, 0.15) is 34.0 Å². The molecule has 0 fully saturated rings. The molecule has 5 aromatic rings. The molecule has 0 saturated heterocycles. The molecular formula is C34H29N3O5. The molecule has 0 aliphatic carbocycles. The summed E-state index contributed by atoms with van der Waals surface area (Å²) < 4.78 is 18.3. The third kappa shape index (κ3) is 5.22. The fourth-order valence-electron chi connectivity index (χ4n) is 5.06.